The molecule has 0 aromatic heterocycles. The smallest absolute Gasteiger partial charge is 0.0639 e. The first-order valence-corrected chi connectivity index (χ1v) is 5.90. The average molecular weight is 216 g/mol. The van der Waals surface area contributed by atoms with Crippen LogP contribution in [0.15, 0.2) is 0 Å². The van der Waals surface area contributed by atoms with Crippen LogP contribution < -0.4 is 5.32 Å². The standard InChI is InChI=1S/C11H24N2O2/c1-9(14)6-11-7-12-4-3-5-13(11)8-10(2)15/h9-12,14-15H,3-8H2,1-2H3. The molecule has 0 spiro atoms. The molecule has 1 heterocycles. The molecule has 0 bridgehead atoms. The second-order valence-corrected chi connectivity index (χ2v) is 4.64. The summed E-state index contributed by atoms with van der Waals surface area (Å²) in [4.78, 5) is 2.29. The van der Waals surface area contributed by atoms with Gasteiger partial charge in [0, 0.05) is 19.1 Å². The van der Waals surface area contributed by atoms with E-state index in [1.165, 1.54) is 0 Å². The molecule has 1 rings (SSSR count). The van der Waals surface area contributed by atoms with E-state index in [1.807, 2.05) is 13.8 Å². The molecule has 0 aromatic rings. The van der Waals surface area contributed by atoms with Crippen LogP contribution in [0, 0.1) is 0 Å². The van der Waals surface area contributed by atoms with Crippen LogP contribution in [0.5, 0.6) is 0 Å². The summed E-state index contributed by atoms with van der Waals surface area (Å²) in [5, 5.41) is 22.2. The molecule has 1 aliphatic rings. The normalized spacial score (nSPS) is 28.4. The van der Waals surface area contributed by atoms with Gasteiger partial charge in [-0.25, -0.2) is 0 Å². The minimum absolute atomic E-state index is 0.272. The Morgan fingerprint density at radius 1 is 1.33 bits per heavy atom. The number of nitrogens with zero attached hydrogens (tertiary/aromatic N) is 1. The van der Waals surface area contributed by atoms with Crippen molar-refractivity contribution in [2.24, 2.45) is 0 Å². The maximum Gasteiger partial charge on any atom is 0.0639 e. The number of hydrogen-bond donors (Lipinski definition) is 3. The minimum atomic E-state index is -0.292. The van der Waals surface area contributed by atoms with Crippen molar-refractivity contribution in [1.82, 2.24) is 10.2 Å². The van der Waals surface area contributed by atoms with E-state index >= 15 is 0 Å². The molecular formula is C11H24N2O2. The molecule has 90 valence electrons. The molecule has 0 aromatic carbocycles. The highest BCUT2D eigenvalue weighted by atomic mass is 16.3. The maximum atomic E-state index is 9.43. The predicted molar refractivity (Wildman–Crippen MR) is 60.8 cm³/mol. The van der Waals surface area contributed by atoms with E-state index < -0.39 is 0 Å². The predicted octanol–water partition coefficient (Wildman–Crippen LogP) is -0.198. The lowest BCUT2D eigenvalue weighted by Gasteiger charge is -2.31. The van der Waals surface area contributed by atoms with E-state index in [0.29, 0.717) is 12.6 Å². The Labute approximate surface area is 92.3 Å². The van der Waals surface area contributed by atoms with Crippen LogP contribution in [-0.4, -0.2) is 59.5 Å². The van der Waals surface area contributed by atoms with Gasteiger partial charge >= 0.3 is 0 Å². The first-order chi connectivity index (χ1) is 7.09. The average Bonchev–Trinajstić information content (AvgIpc) is 2.30. The SMILES string of the molecule is CC(O)CC1CNCCCN1CC(C)O. The molecule has 3 unspecified atom stereocenters. The third-order valence-corrected chi connectivity index (χ3v) is 2.81. The number of hydrogen-bond acceptors (Lipinski definition) is 4. The summed E-state index contributed by atoms with van der Waals surface area (Å²) in [5.41, 5.74) is 0. The van der Waals surface area contributed by atoms with Crippen LogP contribution in [-0.2, 0) is 0 Å². The van der Waals surface area contributed by atoms with Gasteiger partial charge in [-0.15, -0.1) is 0 Å². The van der Waals surface area contributed by atoms with E-state index in [0.717, 1.165) is 32.5 Å². The molecule has 0 amide bonds. The Morgan fingerprint density at radius 2 is 2.07 bits per heavy atom. The molecule has 1 aliphatic heterocycles. The van der Waals surface area contributed by atoms with Gasteiger partial charge in [0.2, 0.25) is 0 Å². The Morgan fingerprint density at radius 3 is 2.67 bits per heavy atom. The lowest BCUT2D eigenvalue weighted by Crippen LogP contribution is -2.44. The summed E-state index contributed by atoms with van der Waals surface area (Å²) >= 11 is 0. The van der Waals surface area contributed by atoms with Gasteiger partial charge in [-0.2, -0.15) is 0 Å². The fraction of sp³-hybridized carbons (Fsp3) is 1.00. The van der Waals surface area contributed by atoms with Gasteiger partial charge in [0.1, 0.15) is 0 Å². The topological polar surface area (TPSA) is 55.7 Å². The van der Waals surface area contributed by atoms with Crippen LogP contribution in [0.25, 0.3) is 0 Å². The highest BCUT2D eigenvalue weighted by Crippen LogP contribution is 2.11. The Kier molecular flexibility index (Phi) is 5.53. The molecule has 3 atom stereocenters. The van der Waals surface area contributed by atoms with Gasteiger partial charge in [0.15, 0.2) is 0 Å². The van der Waals surface area contributed by atoms with Gasteiger partial charge in [-0.1, -0.05) is 0 Å². The second-order valence-electron chi connectivity index (χ2n) is 4.64. The zero-order chi connectivity index (χ0) is 11.3. The summed E-state index contributed by atoms with van der Waals surface area (Å²) in [6, 6.07) is 0.349. The molecule has 1 fully saturated rings. The molecule has 0 radical (unpaired) electrons. The molecule has 15 heavy (non-hydrogen) atoms. The fourth-order valence-electron chi connectivity index (χ4n) is 2.19. The molecule has 3 N–H and O–H groups in total. The molecule has 1 saturated heterocycles. The summed E-state index contributed by atoms with van der Waals surface area (Å²) in [5.74, 6) is 0. The fourth-order valence-corrected chi connectivity index (χ4v) is 2.19. The van der Waals surface area contributed by atoms with E-state index in [2.05, 4.69) is 10.2 Å². The Balaban J connectivity index is 2.50. The zero-order valence-corrected chi connectivity index (χ0v) is 9.82. The second kappa shape index (κ2) is 6.43. The number of aliphatic hydroxyl groups is 2. The van der Waals surface area contributed by atoms with Gasteiger partial charge in [-0.3, -0.25) is 4.90 Å². The maximum absolute atomic E-state index is 9.43. The third kappa shape index (κ3) is 4.93. The number of aliphatic hydroxyl groups excluding tert-OH is 2. The summed E-state index contributed by atoms with van der Waals surface area (Å²) in [7, 11) is 0. The summed E-state index contributed by atoms with van der Waals surface area (Å²) in [6.45, 7) is 7.31. The van der Waals surface area contributed by atoms with Gasteiger partial charge in [-0.05, 0) is 39.8 Å². The molecule has 4 heteroatoms. The minimum Gasteiger partial charge on any atom is -0.393 e. The van der Waals surface area contributed by atoms with E-state index in [1.54, 1.807) is 0 Å². The van der Waals surface area contributed by atoms with Crippen molar-refractivity contribution in [1.29, 1.82) is 0 Å². The molecule has 4 nitrogen and oxygen atoms in total. The van der Waals surface area contributed by atoms with Crippen molar-refractivity contribution < 1.29 is 10.2 Å². The monoisotopic (exact) mass is 216 g/mol. The highest BCUT2D eigenvalue weighted by Gasteiger charge is 2.22. The van der Waals surface area contributed by atoms with E-state index in [-0.39, 0.29) is 12.2 Å². The zero-order valence-electron chi connectivity index (χ0n) is 9.82. The van der Waals surface area contributed by atoms with Crippen molar-refractivity contribution in [3.63, 3.8) is 0 Å². The largest absolute Gasteiger partial charge is 0.393 e. The Bertz CT molecular complexity index is 156. The highest BCUT2D eigenvalue weighted by molar-refractivity contribution is 4.80. The van der Waals surface area contributed by atoms with Gasteiger partial charge in [0.25, 0.3) is 0 Å². The van der Waals surface area contributed by atoms with Crippen molar-refractivity contribution in [2.75, 3.05) is 26.2 Å². The summed E-state index contributed by atoms with van der Waals surface area (Å²) < 4.78 is 0. The van der Waals surface area contributed by atoms with Crippen LogP contribution >= 0.6 is 0 Å². The number of nitrogens with one attached hydrogen (secondary N) is 1. The molecule has 0 saturated carbocycles. The molecular weight excluding hydrogens is 192 g/mol. The number of rotatable bonds is 4. The van der Waals surface area contributed by atoms with Crippen molar-refractivity contribution in [3.8, 4) is 0 Å². The van der Waals surface area contributed by atoms with Gasteiger partial charge in [0.05, 0.1) is 12.2 Å². The molecule has 0 aliphatic carbocycles. The van der Waals surface area contributed by atoms with Crippen molar-refractivity contribution in [3.05, 3.63) is 0 Å². The van der Waals surface area contributed by atoms with Crippen LogP contribution in [0.3, 0.4) is 0 Å². The number of β-amino-alcohol motifs (C(OH)–C–C–N with tert-alkyl or cyclic N) is 1. The van der Waals surface area contributed by atoms with Crippen LogP contribution in [0.1, 0.15) is 26.7 Å². The van der Waals surface area contributed by atoms with Crippen LogP contribution in [0.4, 0.5) is 0 Å². The van der Waals surface area contributed by atoms with Gasteiger partial charge < -0.3 is 15.5 Å². The van der Waals surface area contributed by atoms with Crippen LogP contribution in [0.2, 0.25) is 0 Å². The summed E-state index contributed by atoms with van der Waals surface area (Å²) in [6.07, 6.45) is 1.33. The quantitative estimate of drug-likeness (QED) is 0.609. The van der Waals surface area contributed by atoms with E-state index in [4.69, 9.17) is 0 Å². The van der Waals surface area contributed by atoms with Crippen molar-refractivity contribution >= 4 is 0 Å². The Hall–Kier alpha value is -0.160. The van der Waals surface area contributed by atoms with Crippen molar-refractivity contribution in [2.45, 2.75) is 44.9 Å². The third-order valence-electron chi connectivity index (χ3n) is 2.81. The van der Waals surface area contributed by atoms with E-state index in [9.17, 15) is 10.2 Å². The lowest BCUT2D eigenvalue weighted by atomic mass is 10.1. The lowest BCUT2D eigenvalue weighted by molar-refractivity contribution is 0.0754. The first kappa shape index (κ1) is 12.9. The first-order valence-electron chi connectivity index (χ1n) is 5.90.